The molecule has 0 spiro atoms. The highest BCUT2D eigenvalue weighted by atomic mass is 16.8. The van der Waals surface area contributed by atoms with Crippen LogP contribution in [0.5, 0.6) is 0 Å². The summed E-state index contributed by atoms with van der Waals surface area (Å²) in [5, 5.41) is 24.1. The quantitative estimate of drug-likeness (QED) is 0.178. The number of nitrogens with zero attached hydrogens (tertiary/aromatic N) is 2. The van der Waals surface area contributed by atoms with Crippen LogP contribution >= 0.6 is 0 Å². The van der Waals surface area contributed by atoms with Gasteiger partial charge in [-0.2, -0.15) is 0 Å². The summed E-state index contributed by atoms with van der Waals surface area (Å²) in [6.45, 7) is -0.0219. The number of nitrogens with two attached hydrogens (primary N) is 1. The predicted molar refractivity (Wildman–Crippen MR) is 32.1 cm³/mol. The van der Waals surface area contributed by atoms with Gasteiger partial charge in [0, 0.05) is 5.34 Å². The van der Waals surface area contributed by atoms with Crippen LogP contribution < -0.4 is 11.2 Å². The topological polar surface area (TPSA) is 114 Å². The number of rotatable bonds is 3. The largest absolute Gasteiger partial charge is 0.394 e. The van der Waals surface area contributed by atoms with Crippen LogP contribution in [-0.4, -0.2) is 40.0 Å². The number of aliphatic hydroxyl groups is 1. The first kappa shape index (κ1) is 9.11. The molecule has 7 nitrogen and oxygen atoms in total. The third-order valence-electron chi connectivity index (χ3n) is 0.597. The van der Waals surface area contributed by atoms with Crippen molar-refractivity contribution in [1.82, 2.24) is 10.8 Å². The van der Waals surface area contributed by atoms with Crippen LogP contribution in [0.4, 0.5) is 0 Å². The summed E-state index contributed by atoms with van der Waals surface area (Å²) < 4.78 is 0. The van der Waals surface area contributed by atoms with Crippen molar-refractivity contribution in [3.63, 3.8) is 0 Å². The van der Waals surface area contributed by atoms with E-state index in [1.54, 1.807) is 0 Å². The number of aliphatic imine (C=N–C) groups is 1. The van der Waals surface area contributed by atoms with Crippen LogP contribution in [0.25, 0.3) is 0 Å². The molecule has 0 radical (unpaired) electrons. The van der Waals surface area contributed by atoms with E-state index in [4.69, 9.17) is 21.3 Å². The highest BCUT2D eigenvalue weighted by Crippen LogP contribution is 1.67. The Hall–Kier alpha value is -0.890. The third-order valence-corrected chi connectivity index (χ3v) is 0.597. The molecule has 0 bridgehead atoms. The molecule has 0 aliphatic carbocycles. The van der Waals surface area contributed by atoms with E-state index in [0.717, 1.165) is 0 Å². The Morgan fingerprint density at radius 3 is 2.60 bits per heavy atom. The fourth-order valence-electron chi connectivity index (χ4n) is 0.308. The van der Waals surface area contributed by atoms with Gasteiger partial charge in [-0.1, -0.05) is 0 Å². The number of hydrogen-bond donors (Lipinski definition) is 5. The molecular formula is C3H10N4O3. The maximum absolute atomic E-state index is 8.22. The number of aliphatic hydroxyl groups excluding tert-OH is 1. The Morgan fingerprint density at radius 1 is 1.60 bits per heavy atom. The molecule has 0 atom stereocenters. The Balaban J connectivity index is 3.49. The van der Waals surface area contributed by atoms with Crippen molar-refractivity contribution >= 4 is 5.96 Å². The van der Waals surface area contributed by atoms with Gasteiger partial charge in [0.15, 0.2) is 0 Å². The predicted octanol–water partition coefficient (Wildman–Crippen LogP) is -2.12. The monoisotopic (exact) mass is 150 g/mol. The zero-order valence-electron chi connectivity index (χ0n) is 5.23. The summed E-state index contributed by atoms with van der Waals surface area (Å²) in [5.41, 5.74) is 6.87. The van der Waals surface area contributed by atoms with Gasteiger partial charge in [-0.05, 0) is 0 Å². The van der Waals surface area contributed by atoms with Crippen LogP contribution in [0.3, 0.4) is 0 Å². The molecule has 0 aliphatic rings. The Labute approximate surface area is 57.3 Å². The lowest BCUT2D eigenvalue weighted by molar-refractivity contribution is -0.329. The number of nitrogens with one attached hydrogen (secondary N) is 1. The van der Waals surface area contributed by atoms with Gasteiger partial charge in [0.05, 0.1) is 13.2 Å². The maximum Gasteiger partial charge on any atom is 0.207 e. The molecule has 0 aliphatic heterocycles. The van der Waals surface area contributed by atoms with Crippen LogP contribution in [0, 0.1) is 0 Å². The minimum Gasteiger partial charge on any atom is -0.394 e. The smallest absolute Gasteiger partial charge is 0.207 e. The van der Waals surface area contributed by atoms with E-state index in [9.17, 15) is 0 Å². The lowest BCUT2D eigenvalue weighted by Gasteiger charge is -2.06. The van der Waals surface area contributed by atoms with Crippen molar-refractivity contribution in [2.24, 2.45) is 10.7 Å². The molecule has 0 unspecified atom stereocenters. The van der Waals surface area contributed by atoms with E-state index in [-0.39, 0.29) is 24.4 Å². The van der Waals surface area contributed by atoms with Crippen molar-refractivity contribution in [2.75, 3.05) is 13.2 Å². The minimum atomic E-state index is -0.323. The molecule has 10 heavy (non-hydrogen) atoms. The van der Waals surface area contributed by atoms with Crippen molar-refractivity contribution in [2.45, 2.75) is 0 Å². The minimum absolute atomic E-state index is 0.118. The zero-order chi connectivity index (χ0) is 7.98. The second-order valence-electron chi connectivity index (χ2n) is 1.39. The van der Waals surface area contributed by atoms with Crippen LogP contribution in [-0.2, 0) is 0 Å². The third kappa shape index (κ3) is 5.25. The molecule has 0 aromatic rings. The highest BCUT2D eigenvalue weighted by Gasteiger charge is 1.92. The van der Waals surface area contributed by atoms with Gasteiger partial charge in [-0.25, -0.2) is 10.4 Å². The van der Waals surface area contributed by atoms with Gasteiger partial charge in [0.2, 0.25) is 5.96 Å². The standard InChI is InChI=1S/C3H10N4O3/c4-3(5-1-2-8)6-7(9)10/h8-10H,1-2H2,(H3,4,5,6). The number of hydrogen-bond acceptors (Lipinski definition) is 5. The molecule has 0 saturated carbocycles. The van der Waals surface area contributed by atoms with Crippen molar-refractivity contribution in [3.05, 3.63) is 0 Å². The molecule has 0 saturated heterocycles. The molecule has 0 amide bonds. The Bertz CT molecular complexity index is 114. The van der Waals surface area contributed by atoms with Gasteiger partial charge < -0.3 is 10.8 Å². The normalized spacial score (nSPS) is 12.2. The fraction of sp³-hybridized carbons (Fsp3) is 0.667. The summed E-state index contributed by atoms with van der Waals surface area (Å²) >= 11 is 0. The summed E-state index contributed by atoms with van der Waals surface area (Å²) in [6.07, 6.45) is 0. The van der Waals surface area contributed by atoms with Gasteiger partial charge in [0.25, 0.3) is 0 Å². The first-order valence-corrected chi connectivity index (χ1v) is 2.52. The highest BCUT2D eigenvalue weighted by molar-refractivity contribution is 5.76. The van der Waals surface area contributed by atoms with Crippen LogP contribution in [0.15, 0.2) is 4.99 Å². The fourth-order valence-corrected chi connectivity index (χ4v) is 0.308. The average Bonchev–Trinajstić information content (AvgIpc) is 1.82. The van der Waals surface area contributed by atoms with Crippen LogP contribution in [0.1, 0.15) is 0 Å². The summed E-state index contributed by atoms with van der Waals surface area (Å²) in [5.74, 6) is -0.181. The molecule has 0 aromatic heterocycles. The SMILES string of the molecule is NC(=NCCO)NN(O)O. The average molecular weight is 150 g/mol. The second-order valence-corrected chi connectivity index (χ2v) is 1.39. The first-order valence-electron chi connectivity index (χ1n) is 2.52. The Kier molecular flexibility index (Phi) is 4.50. The summed E-state index contributed by atoms with van der Waals surface area (Å²) in [4.78, 5) is 3.45. The maximum atomic E-state index is 8.22. The van der Waals surface area contributed by atoms with E-state index in [1.807, 2.05) is 5.43 Å². The summed E-state index contributed by atoms with van der Waals surface area (Å²) in [7, 11) is 0. The molecular weight excluding hydrogens is 140 g/mol. The first-order chi connectivity index (χ1) is 4.66. The van der Waals surface area contributed by atoms with E-state index in [2.05, 4.69) is 4.99 Å². The van der Waals surface area contributed by atoms with E-state index < -0.39 is 0 Å². The molecule has 0 rings (SSSR count). The van der Waals surface area contributed by atoms with E-state index in [1.165, 1.54) is 0 Å². The van der Waals surface area contributed by atoms with E-state index in [0.29, 0.717) is 0 Å². The molecule has 0 fully saturated rings. The zero-order valence-corrected chi connectivity index (χ0v) is 5.23. The van der Waals surface area contributed by atoms with Gasteiger partial charge in [0.1, 0.15) is 0 Å². The van der Waals surface area contributed by atoms with Gasteiger partial charge in [-0.15, -0.1) is 0 Å². The number of guanidine groups is 1. The molecule has 7 heteroatoms. The molecule has 0 heterocycles. The lowest BCUT2D eigenvalue weighted by atomic mass is 10.7. The van der Waals surface area contributed by atoms with Crippen molar-refractivity contribution in [1.29, 1.82) is 0 Å². The van der Waals surface area contributed by atoms with Crippen molar-refractivity contribution < 1.29 is 15.5 Å². The molecule has 0 aromatic carbocycles. The van der Waals surface area contributed by atoms with Gasteiger partial charge in [-0.3, -0.25) is 10.4 Å². The summed E-state index contributed by atoms with van der Waals surface area (Å²) in [6, 6.07) is 0. The number of hydrazine groups is 1. The second kappa shape index (κ2) is 4.94. The Morgan fingerprint density at radius 2 is 2.20 bits per heavy atom. The van der Waals surface area contributed by atoms with E-state index >= 15 is 0 Å². The molecule has 60 valence electrons. The van der Waals surface area contributed by atoms with Crippen LogP contribution in [0.2, 0.25) is 0 Å². The van der Waals surface area contributed by atoms with Crippen molar-refractivity contribution in [3.8, 4) is 0 Å². The lowest BCUT2D eigenvalue weighted by Crippen LogP contribution is -2.42. The van der Waals surface area contributed by atoms with Gasteiger partial charge >= 0.3 is 0 Å². The molecule has 6 N–H and O–H groups in total.